The van der Waals surface area contributed by atoms with Crippen molar-refractivity contribution in [2.45, 2.75) is 18.0 Å². The number of nitrogens with one attached hydrogen (secondary N) is 1. The summed E-state index contributed by atoms with van der Waals surface area (Å²) in [5.41, 5.74) is 1.67. The zero-order valence-corrected chi connectivity index (χ0v) is 25.2. The fourth-order valence-corrected chi connectivity index (χ4v) is 5.71. The maximum atomic E-state index is 13.9. The number of amides is 1. The number of hydrogen-bond donors (Lipinski definition) is 1. The van der Waals surface area contributed by atoms with E-state index in [0.29, 0.717) is 11.5 Å². The Hall–Kier alpha value is -4.48. The standard InChI is InChI=1S/C31H30ClFN2O7S/c1-39-28-14-8-23(32)16-27(28)35(43(37,38)26-13-15-29(40-2)30(17-26)41-3)19-31(36)34-18-21-6-11-25(12-7-21)42-20-22-4-9-24(33)10-5-22/h4-17H,18-20H2,1-3H3,(H,34,36). The van der Waals surface area contributed by atoms with Crippen molar-refractivity contribution in [2.24, 2.45) is 0 Å². The Morgan fingerprint density at radius 2 is 1.44 bits per heavy atom. The molecule has 4 aromatic rings. The maximum Gasteiger partial charge on any atom is 0.265 e. The summed E-state index contributed by atoms with van der Waals surface area (Å²) in [6, 6.07) is 21.7. The van der Waals surface area contributed by atoms with Crippen LogP contribution in [0, 0.1) is 5.82 Å². The van der Waals surface area contributed by atoms with Gasteiger partial charge in [0.25, 0.3) is 10.0 Å². The van der Waals surface area contributed by atoms with Gasteiger partial charge in [-0.1, -0.05) is 35.9 Å². The lowest BCUT2D eigenvalue weighted by Gasteiger charge is -2.26. The second-order valence-electron chi connectivity index (χ2n) is 9.18. The van der Waals surface area contributed by atoms with Crippen molar-refractivity contribution < 1.29 is 36.6 Å². The first-order chi connectivity index (χ1) is 20.6. The lowest BCUT2D eigenvalue weighted by Crippen LogP contribution is -2.40. The van der Waals surface area contributed by atoms with Crippen molar-refractivity contribution in [3.63, 3.8) is 0 Å². The van der Waals surface area contributed by atoms with Gasteiger partial charge in [0.15, 0.2) is 11.5 Å². The molecule has 0 atom stereocenters. The Balaban J connectivity index is 1.50. The summed E-state index contributed by atoms with van der Waals surface area (Å²) in [5, 5.41) is 3.01. The number of rotatable bonds is 13. The molecule has 0 bridgehead atoms. The molecule has 0 spiro atoms. The summed E-state index contributed by atoms with van der Waals surface area (Å²) in [5.74, 6) is 0.470. The molecule has 0 aliphatic heterocycles. The van der Waals surface area contributed by atoms with Crippen molar-refractivity contribution in [1.29, 1.82) is 0 Å². The number of carbonyl (C=O) groups excluding carboxylic acids is 1. The van der Waals surface area contributed by atoms with E-state index in [9.17, 15) is 17.6 Å². The van der Waals surface area contributed by atoms with Crippen LogP contribution in [0.2, 0.25) is 5.02 Å². The fourth-order valence-electron chi connectivity index (χ4n) is 4.10. The van der Waals surface area contributed by atoms with Crippen LogP contribution in [-0.4, -0.2) is 42.2 Å². The predicted octanol–water partition coefficient (Wildman–Crippen LogP) is 5.60. The van der Waals surface area contributed by atoms with E-state index >= 15 is 0 Å². The van der Waals surface area contributed by atoms with Gasteiger partial charge in [-0.2, -0.15) is 0 Å². The predicted molar refractivity (Wildman–Crippen MR) is 161 cm³/mol. The van der Waals surface area contributed by atoms with Crippen LogP contribution in [0.4, 0.5) is 10.1 Å². The smallest absolute Gasteiger partial charge is 0.265 e. The molecule has 0 aromatic heterocycles. The zero-order chi connectivity index (χ0) is 31.0. The van der Waals surface area contributed by atoms with Crippen molar-refractivity contribution in [3.05, 3.63) is 107 Å². The maximum absolute atomic E-state index is 13.9. The van der Waals surface area contributed by atoms with Gasteiger partial charge in [0.2, 0.25) is 5.91 Å². The van der Waals surface area contributed by atoms with E-state index in [1.165, 1.54) is 63.8 Å². The van der Waals surface area contributed by atoms with E-state index < -0.39 is 22.5 Å². The highest BCUT2D eigenvalue weighted by Gasteiger charge is 2.30. The van der Waals surface area contributed by atoms with Crippen molar-refractivity contribution in [2.75, 3.05) is 32.2 Å². The van der Waals surface area contributed by atoms with Crippen LogP contribution in [0.5, 0.6) is 23.0 Å². The molecule has 0 unspecified atom stereocenters. The number of benzene rings is 4. The molecule has 43 heavy (non-hydrogen) atoms. The van der Waals surface area contributed by atoms with Crippen LogP contribution >= 0.6 is 11.6 Å². The molecule has 0 heterocycles. The lowest BCUT2D eigenvalue weighted by molar-refractivity contribution is -0.119. The summed E-state index contributed by atoms with van der Waals surface area (Å²) in [7, 11) is -0.0944. The molecule has 226 valence electrons. The van der Waals surface area contributed by atoms with Gasteiger partial charge < -0.3 is 24.3 Å². The van der Waals surface area contributed by atoms with Crippen LogP contribution in [0.1, 0.15) is 11.1 Å². The number of hydrogen-bond acceptors (Lipinski definition) is 7. The minimum atomic E-state index is -4.32. The largest absolute Gasteiger partial charge is 0.495 e. The highest BCUT2D eigenvalue weighted by Crippen LogP contribution is 2.37. The Labute approximate surface area is 254 Å². The SMILES string of the molecule is COc1ccc(S(=O)(=O)N(CC(=O)NCc2ccc(OCc3ccc(F)cc3)cc2)c2cc(Cl)ccc2OC)cc1OC. The van der Waals surface area contributed by atoms with E-state index in [-0.39, 0.29) is 46.1 Å². The van der Waals surface area contributed by atoms with E-state index in [1.807, 2.05) is 0 Å². The number of sulfonamides is 1. The van der Waals surface area contributed by atoms with Gasteiger partial charge in [-0.05, 0) is 65.7 Å². The quantitative estimate of drug-likeness (QED) is 0.206. The fraction of sp³-hybridized carbons (Fsp3) is 0.194. The second kappa shape index (κ2) is 14.1. The first-order valence-electron chi connectivity index (χ1n) is 13.0. The molecule has 1 amide bonds. The first kappa shape index (κ1) is 31.5. The molecule has 0 fully saturated rings. The minimum absolute atomic E-state index is 0.0857. The summed E-state index contributed by atoms with van der Waals surface area (Å²) in [6.45, 7) is -0.159. The third-order valence-electron chi connectivity index (χ3n) is 6.37. The Morgan fingerprint density at radius 3 is 2.09 bits per heavy atom. The first-order valence-corrected chi connectivity index (χ1v) is 14.8. The molecule has 0 aliphatic carbocycles. The van der Waals surface area contributed by atoms with E-state index in [4.69, 9.17) is 30.5 Å². The highest BCUT2D eigenvalue weighted by molar-refractivity contribution is 7.92. The average Bonchev–Trinajstić information content (AvgIpc) is 3.02. The molecule has 0 radical (unpaired) electrons. The van der Waals surface area contributed by atoms with Gasteiger partial charge >= 0.3 is 0 Å². The number of ether oxygens (including phenoxy) is 4. The molecule has 4 rings (SSSR count). The molecule has 9 nitrogen and oxygen atoms in total. The van der Waals surface area contributed by atoms with E-state index in [2.05, 4.69) is 5.32 Å². The number of halogens is 2. The Bertz CT molecular complexity index is 1670. The van der Waals surface area contributed by atoms with E-state index in [0.717, 1.165) is 15.4 Å². The highest BCUT2D eigenvalue weighted by atomic mass is 35.5. The minimum Gasteiger partial charge on any atom is -0.495 e. The molecular weight excluding hydrogens is 599 g/mol. The third kappa shape index (κ3) is 7.88. The molecule has 0 aliphatic rings. The van der Waals surface area contributed by atoms with Gasteiger partial charge in [0, 0.05) is 17.6 Å². The number of methoxy groups -OCH3 is 3. The van der Waals surface area contributed by atoms with Gasteiger partial charge in [0.1, 0.15) is 30.5 Å². The second-order valence-corrected chi connectivity index (χ2v) is 11.5. The topological polar surface area (TPSA) is 103 Å². The van der Waals surface area contributed by atoms with Crippen molar-refractivity contribution >= 4 is 33.2 Å². The van der Waals surface area contributed by atoms with Crippen LogP contribution in [-0.2, 0) is 28.0 Å². The zero-order valence-electron chi connectivity index (χ0n) is 23.7. The molecule has 4 aromatic carbocycles. The van der Waals surface area contributed by atoms with Crippen LogP contribution in [0.25, 0.3) is 0 Å². The summed E-state index contributed by atoms with van der Waals surface area (Å²) < 4.78 is 63.5. The summed E-state index contributed by atoms with van der Waals surface area (Å²) >= 11 is 6.22. The Morgan fingerprint density at radius 1 is 0.814 bits per heavy atom. The van der Waals surface area contributed by atoms with Gasteiger partial charge in [-0.25, -0.2) is 12.8 Å². The molecule has 0 saturated carbocycles. The summed E-state index contributed by atoms with van der Waals surface area (Å²) in [6.07, 6.45) is 0. The molecule has 0 saturated heterocycles. The number of carbonyl (C=O) groups is 1. The summed E-state index contributed by atoms with van der Waals surface area (Å²) in [4.78, 5) is 13.0. The molecule has 1 N–H and O–H groups in total. The van der Waals surface area contributed by atoms with E-state index in [1.54, 1.807) is 42.5 Å². The van der Waals surface area contributed by atoms with Gasteiger partial charge in [-0.3, -0.25) is 9.10 Å². The van der Waals surface area contributed by atoms with Gasteiger partial charge in [-0.15, -0.1) is 0 Å². The monoisotopic (exact) mass is 628 g/mol. The molecular formula is C31H30ClFN2O7S. The average molecular weight is 629 g/mol. The molecule has 12 heteroatoms. The third-order valence-corrected chi connectivity index (χ3v) is 8.36. The Kier molecular flexibility index (Phi) is 10.3. The van der Waals surface area contributed by atoms with Gasteiger partial charge in [0.05, 0.1) is 31.9 Å². The number of nitrogens with zero attached hydrogens (tertiary/aromatic N) is 1. The van der Waals surface area contributed by atoms with Crippen molar-refractivity contribution in [3.8, 4) is 23.0 Å². The van der Waals surface area contributed by atoms with Crippen LogP contribution in [0.15, 0.2) is 89.8 Å². The van der Waals surface area contributed by atoms with Crippen molar-refractivity contribution in [1.82, 2.24) is 5.32 Å². The van der Waals surface area contributed by atoms with Crippen LogP contribution in [0.3, 0.4) is 0 Å². The normalized spacial score (nSPS) is 11.0. The lowest BCUT2D eigenvalue weighted by atomic mass is 10.2. The number of anilines is 1. The van der Waals surface area contributed by atoms with Crippen LogP contribution < -0.4 is 28.6 Å².